The highest BCUT2D eigenvalue weighted by atomic mass is 19.4. The maximum atomic E-state index is 14.8. The van der Waals surface area contributed by atoms with Crippen molar-refractivity contribution < 1.29 is 27.1 Å². The lowest BCUT2D eigenvalue weighted by Gasteiger charge is -2.25. The van der Waals surface area contributed by atoms with E-state index in [1.165, 1.54) is 35.4 Å². The Morgan fingerprint density at radius 3 is 2.67 bits per heavy atom. The van der Waals surface area contributed by atoms with Crippen LogP contribution >= 0.6 is 0 Å². The van der Waals surface area contributed by atoms with Gasteiger partial charge in [-0.25, -0.2) is 9.37 Å². The third kappa shape index (κ3) is 3.86. The monoisotopic (exact) mass is 497 g/mol. The van der Waals surface area contributed by atoms with Crippen LogP contribution in [0, 0.1) is 17.1 Å². The zero-order valence-corrected chi connectivity index (χ0v) is 18.5. The van der Waals surface area contributed by atoms with Crippen LogP contribution in [0.4, 0.5) is 23.4 Å². The van der Waals surface area contributed by atoms with Gasteiger partial charge in [-0.15, -0.1) is 0 Å². The van der Waals surface area contributed by atoms with Crippen molar-refractivity contribution in [1.29, 1.82) is 5.26 Å². The van der Waals surface area contributed by atoms with Gasteiger partial charge in [0.05, 0.1) is 31.2 Å². The summed E-state index contributed by atoms with van der Waals surface area (Å²) in [6, 6.07) is 5.89. The van der Waals surface area contributed by atoms with Gasteiger partial charge in [0.1, 0.15) is 23.5 Å². The van der Waals surface area contributed by atoms with E-state index >= 15 is 0 Å². The number of ether oxygens (including phenoxy) is 1. The van der Waals surface area contributed by atoms with Crippen molar-refractivity contribution in [3.05, 3.63) is 59.4 Å². The molecule has 0 saturated carbocycles. The average molecular weight is 497 g/mol. The van der Waals surface area contributed by atoms with Crippen LogP contribution in [0.3, 0.4) is 0 Å². The molecule has 0 saturated heterocycles. The Balaban J connectivity index is 1.70. The van der Waals surface area contributed by atoms with E-state index in [4.69, 9.17) is 10.00 Å². The number of anilines is 1. The van der Waals surface area contributed by atoms with E-state index in [1.54, 1.807) is 7.05 Å². The van der Waals surface area contributed by atoms with Gasteiger partial charge in [0.25, 0.3) is 0 Å². The van der Waals surface area contributed by atoms with Crippen LogP contribution < -0.4 is 9.64 Å². The van der Waals surface area contributed by atoms with Crippen LogP contribution in [-0.4, -0.2) is 43.7 Å². The normalized spacial score (nSPS) is 12.8. The highest BCUT2D eigenvalue weighted by molar-refractivity contribution is 6.07. The molecular weight excluding hydrogens is 482 g/mol. The van der Waals surface area contributed by atoms with Crippen LogP contribution in [-0.2, 0) is 24.8 Å². The number of alkyl halides is 3. The van der Waals surface area contributed by atoms with Crippen molar-refractivity contribution in [3.63, 3.8) is 0 Å². The Bertz CT molecular complexity index is 1560. The molecule has 0 unspecified atom stereocenters. The second-order valence-electron chi connectivity index (χ2n) is 7.95. The SMILES string of the molecule is Cn1nc(C#N)cc1-c1cnc(N(Cc2c(F)ccc3c2CCO3)C(=O)C(F)(F)F)c2cnncc12. The first-order valence-electron chi connectivity index (χ1n) is 10.5. The van der Waals surface area contributed by atoms with E-state index in [9.17, 15) is 22.4 Å². The highest BCUT2D eigenvalue weighted by Gasteiger charge is 2.44. The lowest BCUT2D eigenvalue weighted by molar-refractivity contribution is -0.170. The number of nitrogens with zero attached hydrogens (tertiary/aromatic N) is 7. The summed E-state index contributed by atoms with van der Waals surface area (Å²) in [7, 11) is 1.59. The summed E-state index contributed by atoms with van der Waals surface area (Å²) in [6.45, 7) is -0.482. The second kappa shape index (κ2) is 8.56. The van der Waals surface area contributed by atoms with E-state index in [0.717, 1.165) is 6.07 Å². The van der Waals surface area contributed by atoms with Gasteiger partial charge < -0.3 is 4.74 Å². The van der Waals surface area contributed by atoms with Crippen LogP contribution in [0.2, 0.25) is 0 Å². The highest BCUT2D eigenvalue weighted by Crippen LogP contribution is 2.37. The summed E-state index contributed by atoms with van der Waals surface area (Å²) in [6.07, 6.45) is -1.24. The van der Waals surface area contributed by atoms with E-state index in [2.05, 4.69) is 20.3 Å². The fourth-order valence-corrected chi connectivity index (χ4v) is 4.21. The maximum Gasteiger partial charge on any atom is 0.471 e. The molecule has 0 N–H and O–H groups in total. The first-order chi connectivity index (χ1) is 17.2. The number of aromatic nitrogens is 5. The lowest BCUT2D eigenvalue weighted by Crippen LogP contribution is -2.41. The molecule has 0 atom stereocenters. The fourth-order valence-electron chi connectivity index (χ4n) is 4.21. The fraction of sp³-hybridized carbons (Fsp3) is 0.217. The average Bonchev–Trinajstić information content (AvgIpc) is 3.48. The van der Waals surface area contributed by atoms with E-state index in [0.29, 0.717) is 32.9 Å². The third-order valence-corrected chi connectivity index (χ3v) is 5.85. The van der Waals surface area contributed by atoms with Gasteiger partial charge in [-0.05, 0) is 12.1 Å². The number of hydrogen-bond donors (Lipinski definition) is 0. The molecule has 0 aliphatic carbocycles. The molecule has 13 heteroatoms. The van der Waals surface area contributed by atoms with Crippen molar-refractivity contribution in [2.24, 2.45) is 7.05 Å². The number of fused-ring (bicyclic) bond motifs is 2. The van der Waals surface area contributed by atoms with Gasteiger partial charge in [-0.2, -0.15) is 33.7 Å². The molecule has 4 aromatic rings. The molecule has 182 valence electrons. The molecule has 0 spiro atoms. The Morgan fingerprint density at radius 2 is 1.97 bits per heavy atom. The Hall–Kier alpha value is -4.60. The molecular formula is C23H15F4N7O2. The van der Waals surface area contributed by atoms with Crippen LogP contribution in [0.15, 0.2) is 36.8 Å². The molecule has 5 rings (SSSR count). The summed E-state index contributed by atoms with van der Waals surface area (Å²) in [5.41, 5.74) is 1.28. The minimum atomic E-state index is -5.26. The van der Waals surface area contributed by atoms with Crippen molar-refractivity contribution in [3.8, 4) is 23.1 Å². The Kier molecular flexibility index (Phi) is 5.51. The maximum absolute atomic E-state index is 14.8. The molecule has 0 fully saturated rings. The van der Waals surface area contributed by atoms with Gasteiger partial charge in [0, 0.05) is 53.2 Å². The molecule has 3 aromatic heterocycles. The molecule has 0 bridgehead atoms. The van der Waals surface area contributed by atoms with E-state index < -0.39 is 24.4 Å². The summed E-state index contributed by atoms with van der Waals surface area (Å²) < 4.78 is 62.7. The standard InChI is InChI=1S/C23H15F4N7O2/c1-33-19(6-12(7-28)32-33)15-8-29-21(16-10-31-30-9-14(15)16)34(22(35)23(25,26)27)11-17-13-4-5-36-20(13)3-2-18(17)24/h2-3,6,8-10H,4-5,11H2,1H3. The minimum Gasteiger partial charge on any atom is -0.493 e. The molecule has 1 aliphatic rings. The summed E-state index contributed by atoms with van der Waals surface area (Å²) in [5.74, 6) is -3.00. The van der Waals surface area contributed by atoms with E-state index in [1.807, 2.05) is 6.07 Å². The second-order valence-corrected chi connectivity index (χ2v) is 7.95. The largest absolute Gasteiger partial charge is 0.493 e. The number of amides is 1. The van der Waals surface area contributed by atoms with Crippen LogP contribution in [0.1, 0.15) is 16.8 Å². The van der Waals surface area contributed by atoms with Crippen molar-refractivity contribution in [2.45, 2.75) is 19.1 Å². The third-order valence-electron chi connectivity index (χ3n) is 5.85. The number of benzene rings is 1. The number of halogens is 4. The predicted octanol–water partition coefficient (Wildman–Crippen LogP) is 3.47. The zero-order chi connectivity index (χ0) is 25.6. The number of pyridine rings is 1. The smallest absolute Gasteiger partial charge is 0.471 e. The number of hydrogen-bond acceptors (Lipinski definition) is 7. The molecule has 1 amide bonds. The van der Waals surface area contributed by atoms with Crippen LogP contribution in [0.5, 0.6) is 5.75 Å². The summed E-state index contributed by atoms with van der Waals surface area (Å²) >= 11 is 0. The molecule has 1 aromatic carbocycles. The predicted molar refractivity (Wildman–Crippen MR) is 117 cm³/mol. The molecule has 0 radical (unpaired) electrons. The number of rotatable bonds is 4. The topological polar surface area (TPSA) is 110 Å². The van der Waals surface area contributed by atoms with Gasteiger partial charge in [0.2, 0.25) is 0 Å². The molecule has 1 aliphatic heterocycles. The van der Waals surface area contributed by atoms with Gasteiger partial charge in [-0.1, -0.05) is 0 Å². The quantitative estimate of drug-likeness (QED) is 0.397. The zero-order valence-electron chi connectivity index (χ0n) is 18.5. The molecule has 36 heavy (non-hydrogen) atoms. The van der Waals surface area contributed by atoms with Crippen LogP contribution in [0.25, 0.3) is 22.0 Å². The van der Waals surface area contributed by atoms with Gasteiger partial charge in [-0.3, -0.25) is 14.4 Å². The van der Waals surface area contributed by atoms with Gasteiger partial charge >= 0.3 is 12.1 Å². The summed E-state index contributed by atoms with van der Waals surface area (Å²) in [4.78, 5) is 17.2. The first kappa shape index (κ1) is 23.2. The molecule has 4 heterocycles. The Morgan fingerprint density at radius 1 is 1.22 bits per heavy atom. The van der Waals surface area contributed by atoms with Gasteiger partial charge in [0.15, 0.2) is 5.69 Å². The molecule has 9 nitrogen and oxygen atoms in total. The Labute approximate surface area is 200 Å². The first-order valence-corrected chi connectivity index (χ1v) is 10.5. The number of carbonyl (C=O) groups is 1. The minimum absolute atomic E-state index is 0.0732. The van der Waals surface area contributed by atoms with Crippen molar-refractivity contribution in [2.75, 3.05) is 11.5 Å². The van der Waals surface area contributed by atoms with Crippen molar-refractivity contribution >= 4 is 22.5 Å². The number of carbonyl (C=O) groups excluding carboxylic acids is 1. The van der Waals surface area contributed by atoms with E-state index in [-0.39, 0.29) is 35.5 Å². The summed E-state index contributed by atoms with van der Waals surface area (Å²) in [5, 5.41) is 21.2. The lowest BCUT2D eigenvalue weighted by atomic mass is 10.0. The number of aryl methyl sites for hydroxylation is 1. The number of nitriles is 1. The van der Waals surface area contributed by atoms with Crippen molar-refractivity contribution in [1.82, 2.24) is 25.0 Å².